The summed E-state index contributed by atoms with van der Waals surface area (Å²) in [6.07, 6.45) is 3.37. The van der Waals surface area contributed by atoms with Gasteiger partial charge in [0.25, 0.3) is 5.91 Å². The number of carbonyl (C=O) groups is 2. The molecular weight excluding hydrogens is 476 g/mol. The van der Waals surface area contributed by atoms with Crippen molar-refractivity contribution in [3.63, 3.8) is 0 Å². The molecule has 0 spiro atoms. The van der Waals surface area contributed by atoms with Gasteiger partial charge < -0.3 is 15.2 Å². The van der Waals surface area contributed by atoms with Crippen LogP contribution in [0.4, 0.5) is 5.69 Å². The molecule has 5 rings (SSSR count). The number of amides is 1. The second-order valence-corrected chi connectivity index (χ2v) is 8.61. The first-order valence-corrected chi connectivity index (χ1v) is 12.0. The molecule has 0 aliphatic carbocycles. The predicted molar refractivity (Wildman–Crippen MR) is 147 cm³/mol. The number of hydrogen-bond donors (Lipinski definition) is 2. The van der Waals surface area contributed by atoms with Crippen molar-refractivity contribution >= 4 is 17.6 Å². The van der Waals surface area contributed by atoms with Gasteiger partial charge in [0.15, 0.2) is 0 Å². The second kappa shape index (κ2) is 11.2. The van der Waals surface area contributed by atoms with Crippen LogP contribution in [-0.2, 0) is 6.61 Å². The van der Waals surface area contributed by atoms with Crippen molar-refractivity contribution in [3.8, 4) is 28.0 Å². The number of nitrogens with zero attached hydrogens (tertiary/aromatic N) is 1. The molecule has 0 aliphatic heterocycles. The number of ether oxygens (including phenoxy) is 1. The van der Waals surface area contributed by atoms with Gasteiger partial charge >= 0.3 is 5.97 Å². The van der Waals surface area contributed by atoms with E-state index in [9.17, 15) is 14.7 Å². The number of anilines is 1. The third-order valence-corrected chi connectivity index (χ3v) is 6.08. The lowest BCUT2D eigenvalue weighted by Gasteiger charge is -2.15. The average molecular weight is 501 g/mol. The van der Waals surface area contributed by atoms with Gasteiger partial charge in [-0.3, -0.25) is 9.78 Å². The zero-order valence-corrected chi connectivity index (χ0v) is 20.4. The summed E-state index contributed by atoms with van der Waals surface area (Å²) < 4.78 is 6.05. The van der Waals surface area contributed by atoms with E-state index in [-0.39, 0.29) is 23.4 Å². The molecule has 0 aliphatic rings. The molecule has 0 saturated heterocycles. The summed E-state index contributed by atoms with van der Waals surface area (Å²) in [5.41, 5.74) is 4.84. The van der Waals surface area contributed by atoms with Gasteiger partial charge in [-0.1, -0.05) is 72.8 Å². The number of benzene rings is 4. The fraction of sp³-hybridized carbons (Fsp3) is 0.0312. The van der Waals surface area contributed by atoms with E-state index < -0.39 is 11.9 Å². The van der Waals surface area contributed by atoms with Crippen molar-refractivity contribution in [2.45, 2.75) is 6.61 Å². The number of pyridine rings is 1. The first-order valence-electron chi connectivity index (χ1n) is 12.0. The third-order valence-electron chi connectivity index (χ3n) is 6.08. The first kappa shape index (κ1) is 24.5. The maximum atomic E-state index is 13.7. The molecule has 38 heavy (non-hydrogen) atoms. The van der Waals surface area contributed by atoms with Gasteiger partial charge in [0.05, 0.1) is 16.8 Å². The summed E-state index contributed by atoms with van der Waals surface area (Å²) in [4.78, 5) is 29.7. The molecule has 4 aromatic carbocycles. The number of carboxylic acid groups (broad SMARTS) is 1. The van der Waals surface area contributed by atoms with Crippen LogP contribution in [0.5, 0.6) is 5.75 Å². The summed E-state index contributed by atoms with van der Waals surface area (Å²) in [5.74, 6) is -1.22. The van der Waals surface area contributed by atoms with Crippen molar-refractivity contribution in [3.05, 3.63) is 138 Å². The van der Waals surface area contributed by atoms with Crippen LogP contribution < -0.4 is 10.1 Å². The van der Waals surface area contributed by atoms with Crippen molar-refractivity contribution in [2.24, 2.45) is 0 Å². The van der Waals surface area contributed by atoms with Crippen molar-refractivity contribution in [1.29, 1.82) is 0 Å². The van der Waals surface area contributed by atoms with Crippen LogP contribution in [0.1, 0.15) is 26.3 Å². The molecule has 6 heteroatoms. The minimum Gasteiger partial charge on any atom is -0.488 e. The van der Waals surface area contributed by atoms with Crippen LogP contribution in [0, 0.1) is 0 Å². The van der Waals surface area contributed by atoms with E-state index in [1.165, 1.54) is 6.07 Å². The van der Waals surface area contributed by atoms with E-state index in [2.05, 4.69) is 10.3 Å². The molecule has 0 saturated carbocycles. The number of carbonyl (C=O) groups excluding carboxylic acids is 1. The molecule has 2 N–H and O–H groups in total. The van der Waals surface area contributed by atoms with Gasteiger partial charge in [-0.15, -0.1) is 0 Å². The number of aromatic nitrogens is 1. The van der Waals surface area contributed by atoms with Gasteiger partial charge in [0, 0.05) is 12.4 Å². The van der Waals surface area contributed by atoms with Crippen LogP contribution in [0.2, 0.25) is 0 Å². The highest BCUT2D eigenvalue weighted by atomic mass is 16.5. The molecule has 1 aromatic heterocycles. The van der Waals surface area contributed by atoms with Gasteiger partial charge in [-0.05, 0) is 64.2 Å². The van der Waals surface area contributed by atoms with Gasteiger partial charge in [-0.2, -0.15) is 0 Å². The summed E-state index contributed by atoms with van der Waals surface area (Å²) in [7, 11) is 0. The van der Waals surface area contributed by atoms with Crippen molar-refractivity contribution < 1.29 is 19.4 Å². The van der Waals surface area contributed by atoms with E-state index in [0.29, 0.717) is 5.75 Å². The van der Waals surface area contributed by atoms with E-state index in [0.717, 1.165) is 27.8 Å². The van der Waals surface area contributed by atoms with Crippen LogP contribution >= 0.6 is 0 Å². The van der Waals surface area contributed by atoms with Crippen molar-refractivity contribution in [1.82, 2.24) is 4.98 Å². The van der Waals surface area contributed by atoms with E-state index >= 15 is 0 Å². The van der Waals surface area contributed by atoms with E-state index in [4.69, 9.17) is 4.74 Å². The van der Waals surface area contributed by atoms with Gasteiger partial charge in [0.2, 0.25) is 0 Å². The van der Waals surface area contributed by atoms with Crippen LogP contribution in [-0.4, -0.2) is 22.0 Å². The smallest absolute Gasteiger partial charge is 0.337 e. The fourth-order valence-electron chi connectivity index (χ4n) is 4.13. The summed E-state index contributed by atoms with van der Waals surface area (Å²) in [6, 6.07) is 33.2. The molecule has 186 valence electrons. The first-order chi connectivity index (χ1) is 18.6. The molecule has 0 radical (unpaired) electrons. The summed E-state index contributed by atoms with van der Waals surface area (Å²) in [5, 5.41) is 12.6. The lowest BCUT2D eigenvalue weighted by molar-refractivity contribution is 0.0698. The zero-order valence-electron chi connectivity index (χ0n) is 20.4. The number of nitrogens with one attached hydrogen (secondary N) is 1. The Morgan fingerprint density at radius 3 is 2.03 bits per heavy atom. The Kier molecular flexibility index (Phi) is 7.23. The Morgan fingerprint density at radius 1 is 0.684 bits per heavy atom. The Balaban J connectivity index is 1.51. The SMILES string of the molecule is O=C(O)c1ccc(-c2ccccc2)cc1NC(=O)c1cc(-c2ccncc2)ccc1OCc1ccccc1. The Bertz CT molecular complexity index is 1570. The number of hydrogen-bond acceptors (Lipinski definition) is 4. The highest BCUT2D eigenvalue weighted by molar-refractivity contribution is 6.10. The standard InChI is InChI=1S/C32H24N2O4/c35-31(34-29-20-26(11-13-27(29)32(36)37)23-9-5-2-6-10-23)28-19-25(24-15-17-33-18-16-24)12-14-30(28)38-21-22-7-3-1-4-8-22/h1-20H,21H2,(H,34,35)(H,36,37). The Labute approximate surface area is 220 Å². The zero-order chi connectivity index (χ0) is 26.3. The largest absolute Gasteiger partial charge is 0.488 e. The highest BCUT2D eigenvalue weighted by Gasteiger charge is 2.19. The Morgan fingerprint density at radius 2 is 1.32 bits per heavy atom. The van der Waals surface area contributed by atoms with Gasteiger partial charge in [-0.25, -0.2) is 4.79 Å². The summed E-state index contributed by atoms with van der Waals surface area (Å²) in [6.45, 7) is 0.277. The minimum atomic E-state index is -1.13. The van der Waals surface area contributed by atoms with Crippen LogP contribution in [0.25, 0.3) is 22.3 Å². The van der Waals surface area contributed by atoms with Crippen LogP contribution in [0.15, 0.2) is 122 Å². The maximum absolute atomic E-state index is 13.7. The third kappa shape index (κ3) is 5.60. The molecule has 1 heterocycles. The van der Waals surface area contributed by atoms with E-state index in [1.54, 1.807) is 36.7 Å². The molecule has 0 unspecified atom stereocenters. The minimum absolute atomic E-state index is 0.00456. The van der Waals surface area contributed by atoms with Gasteiger partial charge in [0.1, 0.15) is 12.4 Å². The topological polar surface area (TPSA) is 88.5 Å². The number of carboxylic acids is 1. The molecule has 1 amide bonds. The summed E-state index contributed by atoms with van der Waals surface area (Å²) >= 11 is 0. The lowest BCUT2D eigenvalue weighted by atomic mass is 10.0. The average Bonchev–Trinajstić information content (AvgIpc) is 2.97. The molecule has 6 nitrogen and oxygen atoms in total. The molecule has 0 fully saturated rings. The quantitative estimate of drug-likeness (QED) is 0.241. The number of aromatic carboxylic acids is 1. The van der Waals surface area contributed by atoms with Crippen molar-refractivity contribution in [2.75, 3.05) is 5.32 Å². The monoisotopic (exact) mass is 500 g/mol. The second-order valence-electron chi connectivity index (χ2n) is 8.61. The normalized spacial score (nSPS) is 10.5. The Hall–Kier alpha value is -5.23. The highest BCUT2D eigenvalue weighted by Crippen LogP contribution is 2.30. The maximum Gasteiger partial charge on any atom is 0.337 e. The molecule has 0 atom stereocenters. The molecule has 5 aromatic rings. The molecule has 0 bridgehead atoms. The predicted octanol–water partition coefficient (Wildman–Crippen LogP) is 6.95. The fourth-order valence-corrected chi connectivity index (χ4v) is 4.13. The lowest BCUT2D eigenvalue weighted by Crippen LogP contribution is -2.16. The van der Waals surface area contributed by atoms with E-state index in [1.807, 2.05) is 78.9 Å². The molecular formula is C32H24N2O4. The van der Waals surface area contributed by atoms with Crippen LogP contribution in [0.3, 0.4) is 0 Å². The number of rotatable bonds is 8.